The van der Waals surface area contributed by atoms with E-state index < -0.39 is 6.09 Å². The van der Waals surface area contributed by atoms with Crippen molar-refractivity contribution < 1.29 is 14.3 Å². The summed E-state index contributed by atoms with van der Waals surface area (Å²) in [5.41, 5.74) is -0.144. The molecule has 1 fully saturated rings. The lowest BCUT2D eigenvalue weighted by atomic mass is 9.93. The highest BCUT2D eigenvalue weighted by Crippen LogP contribution is 2.26. The van der Waals surface area contributed by atoms with Crippen molar-refractivity contribution in [1.29, 1.82) is 0 Å². The van der Waals surface area contributed by atoms with E-state index in [0.717, 1.165) is 12.4 Å². The maximum absolute atomic E-state index is 11.3. The predicted octanol–water partition coefficient (Wildman–Crippen LogP) is 1.24. The number of fused-ring (bicyclic) bond motifs is 1. The predicted molar refractivity (Wildman–Crippen MR) is 54.7 cm³/mol. The Morgan fingerprint density at radius 2 is 2.20 bits per heavy atom. The molecule has 2 heterocycles. The Bertz CT molecular complexity index is 306. The Labute approximate surface area is 89.1 Å². The van der Waals surface area contributed by atoms with Gasteiger partial charge in [0, 0.05) is 12.0 Å². The maximum Gasteiger partial charge on any atom is 0.437 e. The molecule has 0 bridgehead atoms. The second-order valence-corrected chi connectivity index (χ2v) is 4.79. The van der Waals surface area contributed by atoms with Gasteiger partial charge < -0.3 is 14.4 Å². The molecule has 0 aromatic rings. The Morgan fingerprint density at radius 1 is 1.47 bits per heavy atom. The van der Waals surface area contributed by atoms with Crippen molar-refractivity contribution in [3.63, 3.8) is 0 Å². The normalized spacial score (nSPS) is 26.9. The van der Waals surface area contributed by atoms with E-state index >= 15 is 0 Å². The largest absolute Gasteiger partial charge is 0.437 e. The van der Waals surface area contributed by atoms with Crippen LogP contribution in [0.25, 0.3) is 0 Å². The zero-order valence-corrected chi connectivity index (χ0v) is 9.32. The summed E-state index contributed by atoms with van der Waals surface area (Å²) in [6, 6.07) is 0. The van der Waals surface area contributed by atoms with Gasteiger partial charge >= 0.3 is 6.09 Å². The van der Waals surface area contributed by atoms with Gasteiger partial charge in [-0.25, -0.2) is 4.79 Å². The van der Waals surface area contributed by atoms with E-state index in [9.17, 15) is 4.79 Å². The molecule has 84 valence electrons. The highest BCUT2D eigenvalue weighted by atomic mass is 16.6. The fourth-order valence-corrected chi connectivity index (χ4v) is 1.81. The average Bonchev–Trinajstić information content (AvgIpc) is 2.15. The molecule has 1 unspecified atom stereocenters. The number of hydrogen-bond donors (Lipinski definition) is 0. The molecule has 1 atom stereocenters. The van der Waals surface area contributed by atoms with E-state index in [0.29, 0.717) is 13.2 Å². The summed E-state index contributed by atoms with van der Waals surface area (Å²) in [5.74, 6) is 0.798. The van der Waals surface area contributed by atoms with Gasteiger partial charge in [-0.05, 0) is 0 Å². The van der Waals surface area contributed by atoms with Crippen LogP contribution in [0.4, 0.5) is 4.79 Å². The number of amidine groups is 1. The van der Waals surface area contributed by atoms with Gasteiger partial charge in [0.2, 0.25) is 6.23 Å². The number of ether oxygens (including phenoxy) is 2. The van der Waals surface area contributed by atoms with E-state index in [2.05, 4.69) is 4.99 Å². The topological polar surface area (TPSA) is 51.1 Å². The van der Waals surface area contributed by atoms with Crippen LogP contribution < -0.4 is 0 Å². The molecule has 0 radical (unpaired) electrons. The number of rotatable bonds is 0. The number of hydrogen-bond acceptors (Lipinski definition) is 4. The Balaban J connectivity index is 2.30. The van der Waals surface area contributed by atoms with Crippen molar-refractivity contribution in [3.8, 4) is 0 Å². The van der Waals surface area contributed by atoms with Gasteiger partial charge in [-0.1, -0.05) is 20.8 Å². The second kappa shape index (κ2) is 3.48. The lowest BCUT2D eigenvalue weighted by Crippen LogP contribution is -2.56. The molecule has 1 saturated heterocycles. The molecule has 2 aliphatic heterocycles. The van der Waals surface area contributed by atoms with Crippen molar-refractivity contribution in [2.45, 2.75) is 27.0 Å². The van der Waals surface area contributed by atoms with Gasteiger partial charge in [0.05, 0.1) is 6.61 Å². The van der Waals surface area contributed by atoms with E-state index in [1.165, 1.54) is 0 Å². The molecule has 15 heavy (non-hydrogen) atoms. The van der Waals surface area contributed by atoms with Gasteiger partial charge in [-0.3, -0.25) is 0 Å². The fourth-order valence-electron chi connectivity index (χ4n) is 1.81. The zero-order chi connectivity index (χ0) is 11.1. The van der Waals surface area contributed by atoms with Crippen LogP contribution >= 0.6 is 0 Å². The average molecular weight is 212 g/mol. The van der Waals surface area contributed by atoms with E-state index in [4.69, 9.17) is 9.47 Å². The minimum absolute atomic E-state index is 0.144. The van der Waals surface area contributed by atoms with Gasteiger partial charge in [-0.15, -0.1) is 0 Å². The summed E-state index contributed by atoms with van der Waals surface area (Å²) in [6.07, 6.45) is -0.801. The molecule has 0 N–H and O–H groups in total. The first-order valence-corrected chi connectivity index (χ1v) is 5.12. The van der Waals surface area contributed by atoms with Crippen molar-refractivity contribution in [2.75, 3.05) is 19.8 Å². The summed E-state index contributed by atoms with van der Waals surface area (Å²) < 4.78 is 10.4. The molecule has 5 heteroatoms. The molecular formula is C10H16N2O3. The number of amides is 1. The maximum atomic E-state index is 11.3. The molecule has 1 amide bonds. The second-order valence-electron chi connectivity index (χ2n) is 4.79. The highest BCUT2D eigenvalue weighted by Gasteiger charge is 2.38. The molecule has 0 saturated carbocycles. The fraction of sp³-hybridized carbons (Fsp3) is 0.800. The SMILES string of the molecule is CC(C)(C)C1=NC(=O)OC2COCCN12. The van der Waals surface area contributed by atoms with Crippen LogP contribution in [0.2, 0.25) is 0 Å². The first kappa shape index (κ1) is 10.4. The number of morpholine rings is 1. The zero-order valence-electron chi connectivity index (χ0n) is 9.32. The van der Waals surface area contributed by atoms with Crippen LogP contribution in [-0.2, 0) is 9.47 Å². The van der Waals surface area contributed by atoms with Crippen molar-refractivity contribution in [2.24, 2.45) is 10.4 Å². The van der Waals surface area contributed by atoms with Crippen LogP contribution in [0.5, 0.6) is 0 Å². The van der Waals surface area contributed by atoms with Crippen LogP contribution in [0.15, 0.2) is 4.99 Å². The van der Waals surface area contributed by atoms with E-state index in [1.54, 1.807) is 0 Å². The van der Waals surface area contributed by atoms with Gasteiger partial charge in [0.15, 0.2) is 0 Å². The summed E-state index contributed by atoms with van der Waals surface area (Å²) in [7, 11) is 0. The number of nitrogens with zero attached hydrogens (tertiary/aromatic N) is 2. The van der Waals surface area contributed by atoms with Crippen molar-refractivity contribution in [1.82, 2.24) is 4.90 Å². The molecule has 2 rings (SSSR count). The first-order valence-electron chi connectivity index (χ1n) is 5.12. The molecule has 5 nitrogen and oxygen atoms in total. The van der Waals surface area contributed by atoms with Crippen molar-refractivity contribution >= 4 is 11.9 Å². The molecule has 0 spiro atoms. The lowest BCUT2D eigenvalue weighted by molar-refractivity contribution is -0.0858. The summed E-state index contributed by atoms with van der Waals surface area (Å²) in [5, 5.41) is 0. The summed E-state index contributed by atoms with van der Waals surface area (Å²) in [4.78, 5) is 17.3. The minimum atomic E-state index is -0.508. The number of carbonyl (C=O) groups excluding carboxylic acids is 1. The number of aliphatic imine (C=N–C) groups is 1. The van der Waals surface area contributed by atoms with Gasteiger partial charge in [0.25, 0.3) is 0 Å². The van der Waals surface area contributed by atoms with Crippen molar-refractivity contribution in [3.05, 3.63) is 0 Å². The highest BCUT2D eigenvalue weighted by molar-refractivity contribution is 5.96. The van der Waals surface area contributed by atoms with Crippen LogP contribution in [0, 0.1) is 5.41 Å². The summed E-state index contributed by atoms with van der Waals surface area (Å²) >= 11 is 0. The smallest absolute Gasteiger partial charge is 0.421 e. The summed E-state index contributed by atoms with van der Waals surface area (Å²) in [6.45, 7) is 7.93. The van der Waals surface area contributed by atoms with E-state index in [-0.39, 0.29) is 11.6 Å². The Kier molecular flexibility index (Phi) is 2.42. The van der Waals surface area contributed by atoms with Crippen LogP contribution in [0.1, 0.15) is 20.8 Å². The number of carbonyl (C=O) groups is 1. The lowest BCUT2D eigenvalue weighted by Gasteiger charge is -2.42. The molecule has 0 aromatic carbocycles. The monoisotopic (exact) mass is 212 g/mol. The third-order valence-electron chi connectivity index (χ3n) is 2.46. The third kappa shape index (κ3) is 1.97. The molecule has 2 aliphatic rings. The molecule has 0 aliphatic carbocycles. The Morgan fingerprint density at radius 3 is 2.87 bits per heavy atom. The van der Waals surface area contributed by atoms with Crippen LogP contribution in [0.3, 0.4) is 0 Å². The van der Waals surface area contributed by atoms with E-state index in [1.807, 2.05) is 25.7 Å². The van der Waals surface area contributed by atoms with Gasteiger partial charge in [0.1, 0.15) is 12.4 Å². The quantitative estimate of drug-likeness (QED) is 0.606. The molecular weight excluding hydrogens is 196 g/mol. The minimum Gasteiger partial charge on any atom is -0.421 e. The first-order chi connectivity index (χ1) is 6.98. The third-order valence-corrected chi connectivity index (χ3v) is 2.46. The standard InChI is InChI=1S/C10H16N2O3/c1-10(2,3)8-11-9(13)15-7-6-14-5-4-12(7)8/h7H,4-6H2,1-3H3. The Hall–Kier alpha value is -1.10. The van der Waals surface area contributed by atoms with Gasteiger partial charge in [-0.2, -0.15) is 4.99 Å². The molecule has 0 aromatic heterocycles. The van der Waals surface area contributed by atoms with Crippen LogP contribution in [-0.4, -0.2) is 42.8 Å².